The molecule has 466 valence electrons. The van der Waals surface area contributed by atoms with Gasteiger partial charge in [-0.25, -0.2) is 0 Å². The maximum absolute atomic E-state index is 12.9. The van der Waals surface area contributed by atoms with E-state index in [2.05, 4.69) is 40.7 Å². The highest BCUT2D eigenvalue weighted by Gasteiger charge is 2.72. The maximum Gasteiger partial charge on any atom is 0.317 e. The lowest BCUT2D eigenvalue weighted by Gasteiger charge is -2.71. The van der Waals surface area contributed by atoms with Gasteiger partial charge in [0, 0.05) is 0 Å². The van der Waals surface area contributed by atoms with Crippen molar-refractivity contribution in [1.29, 1.82) is 0 Å². The standard InChI is InChI=1S/C56H92O25/c1-24(2)10-9-14-56(8,81-50-46(72)42(68)40(66)30(78-50)23-74-48-44(70)38(64)28(21-58)75-48)25-11-16-55(7)36(25)26(59)18-32-53(5)15-13-33(52(3,4)31(53)12-17-54(32,55)6)79-51-47(43(69)37(63)27(20-57)76-51)80-49-45(71)41(67)39(65)29(77-49)22-73-35(62)19-34(60)61/h10,25-33,36-51,57-59,63-72H,9,11-23H2,1-8H3,(H,60,61)/t25?,26?,27-,28-,29-,30-,31?,32?,33?,36?,37-,38-,39-,40-,41-,42-,43-,44-,45-,46-,47-,48+,49+,50+,51+,53+,54-,55?,56+/m1/s1. The van der Waals surface area contributed by atoms with Crippen LogP contribution in [0.4, 0.5) is 0 Å². The Morgan fingerprint density at radius 3 is 1.77 bits per heavy atom. The number of rotatable bonds is 19. The van der Waals surface area contributed by atoms with Crippen molar-refractivity contribution in [3.05, 3.63) is 11.6 Å². The van der Waals surface area contributed by atoms with Crippen LogP contribution < -0.4 is 0 Å². The summed E-state index contributed by atoms with van der Waals surface area (Å²) in [5.41, 5.74) is -1.72. The summed E-state index contributed by atoms with van der Waals surface area (Å²) in [6.07, 6.45) is -25.1. The van der Waals surface area contributed by atoms with Crippen LogP contribution in [0.1, 0.15) is 120 Å². The van der Waals surface area contributed by atoms with Gasteiger partial charge in [-0.15, -0.1) is 0 Å². The number of ether oxygens (including phenoxy) is 9. The summed E-state index contributed by atoms with van der Waals surface area (Å²) < 4.78 is 54.0. The Morgan fingerprint density at radius 2 is 1.15 bits per heavy atom. The van der Waals surface area contributed by atoms with Crippen LogP contribution in [-0.2, 0) is 52.2 Å². The molecule has 7 unspecified atom stereocenters. The average molecular weight is 1170 g/mol. The largest absolute Gasteiger partial charge is 0.481 e. The summed E-state index contributed by atoms with van der Waals surface area (Å²) in [6.45, 7) is 14.6. The topological polar surface area (TPSA) is 400 Å². The van der Waals surface area contributed by atoms with Gasteiger partial charge in [-0.1, -0.05) is 46.3 Å². The Morgan fingerprint density at radius 1 is 0.605 bits per heavy atom. The van der Waals surface area contributed by atoms with E-state index in [0.29, 0.717) is 38.5 Å². The molecule has 4 saturated carbocycles. The van der Waals surface area contributed by atoms with Crippen LogP contribution >= 0.6 is 0 Å². The maximum atomic E-state index is 12.9. The van der Waals surface area contributed by atoms with Crippen molar-refractivity contribution in [2.24, 2.45) is 45.3 Å². The van der Waals surface area contributed by atoms with Gasteiger partial charge in [0.2, 0.25) is 0 Å². The van der Waals surface area contributed by atoms with Crippen molar-refractivity contribution in [2.45, 2.75) is 254 Å². The van der Waals surface area contributed by atoms with Gasteiger partial charge < -0.3 is 114 Å². The van der Waals surface area contributed by atoms with Crippen molar-refractivity contribution in [1.82, 2.24) is 0 Å². The third kappa shape index (κ3) is 12.0. The molecule has 8 aliphatic rings. The lowest BCUT2D eigenvalue weighted by Crippen LogP contribution is -2.68. The number of carboxylic acids is 1. The molecular weight excluding hydrogens is 1070 g/mol. The number of esters is 1. The zero-order valence-electron chi connectivity index (χ0n) is 47.7. The molecule has 0 aromatic carbocycles. The molecule has 25 nitrogen and oxygen atoms in total. The van der Waals surface area contributed by atoms with E-state index in [1.807, 2.05) is 20.8 Å². The molecule has 0 amide bonds. The number of carbonyl (C=O) groups is 2. The lowest BCUT2D eigenvalue weighted by atomic mass is 9.35. The SMILES string of the molecule is CC(C)=CCC[C@](C)(O[C@@H]1O[C@H](CO[C@H]2O[C@H](CO)[C@@H](O)[C@H]2O)[C@@H](O)[C@@H](O)[C@H]1O)C1CCC2(C)C1C(O)CC1[C@@]3(C)CCC(O[C@@H]4O[C@H](CO)[C@@H](O)[C@@H](O)[C@H]4O[C@@H]4O[C@H](COC(=O)CC(=O)O)[C@@H](O)[C@@H](O)[C@H]4O)C(C)(C)C3CC[C@]12C. The molecule has 8 rings (SSSR count). The molecular formula is C56H92O25. The van der Waals surface area contributed by atoms with E-state index >= 15 is 0 Å². The predicted molar refractivity (Wildman–Crippen MR) is 276 cm³/mol. The summed E-state index contributed by atoms with van der Waals surface area (Å²) in [6, 6.07) is 0. The van der Waals surface area contributed by atoms with E-state index in [0.717, 1.165) is 24.8 Å². The number of hydrogen-bond donors (Lipinski definition) is 14. The predicted octanol–water partition coefficient (Wildman–Crippen LogP) is -1.54. The molecule has 4 heterocycles. The summed E-state index contributed by atoms with van der Waals surface area (Å²) in [5, 5.41) is 151. The van der Waals surface area contributed by atoms with Crippen LogP contribution in [0.2, 0.25) is 0 Å². The summed E-state index contributed by atoms with van der Waals surface area (Å²) >= 11 is 0. The molecule has 8 fully saturated rings. The molecule has 25 heteroatoms. The van der Waals surface area contributed by atoms with Gasteiger partial charge in [-0.2, -0.15) is 0 Å². The van der Waals surface area contributed by atoms with E-state index in [4.69, 9.17) is 47.7 Å². The summed E-state index contributed by atoms with van der Waals surface area (Å²) in [7, 11) is 0. The molecule has 81 heavy (non-hydrogen) atoms. The second-order valence-corrected chi connectivity index (χ2v) is 26.3. The van der Waals surface area contributed by atoms with Crippen LogP contribution in [-0.4, -0.2) is 244 Å². The minimum atomic E-state index is -1.95. The smallest absolute Gasteiger partial charge is 0.317 e. The van der Waals surface area contributed by atoms with E-state index in [9.17, 15) is 76.0 Å². The molecule has 0 bridgehead atoms. The molecule has 29 atom stereocenters. The Balaban J connectivity index is 0.998. The van der Waals surface area contributed by atoms with Crippen LogP contribution in [0.25, 0.3) is 0 Å². The first kappa shape index (κ1) is 64.8. The molecule has 14 N–H and O–H groups in total. The van der Waals surface area contributed by atoms with Gasteiger partial charge in [-0.05, 0) is 124 Å². The van der Waals surface area contributed by atoms with Crippen LogP contribution in [0.15, 0.2) is 11.6 Å². The first-order valence-electron chi connectivity index (χ1n) is 28.8. The Hall–Kier alpha value is -2.16. The lowest BCUT2D eigenvalue weighted by molar-refractivity contribution is -0.378. The normalized spacial score (nSPS) is 49.4. The second-order valence-electron chi connectivity index (χ2n) is 26.3. The van der Waals surface area contributed by atoms with Crippen molar-refractivity contribution in [3.8, 4) is 0 Å². The summed E-state index contributed by atoms with van der Waals surface area (Å²) in [4.78, 5) is 23.0. The molecule has 4 aliphatic heterocycles. The number of allylic oxidation sites excluding steroid dienone is 2. The number of aliphatic carboxylic acids is 1. The first-order chi connectivity index (χ1) is 37.9. The fourth-order valence-electron chi connectivity index (χ4n) is 16.4. The number of aliphatic hydroxyl groups is 13. The van der Waals surface area contributed by atoms with E-state index < -0.39 is 190 Å². The van der Waals surface area contributed by atoms with Gasteiger partial charge in [0.1, 0.15) is 105 Å². The van der Waals surface area contributed by atoms with Crippen LogP contribution in [0, 0.1) is 45.3 Å². The zero-order chi connectivity index (χ0) is 59.6. The highest BCUT2D eigenvalue weighted by Crippen LogP contribution is 2.76. The molecule has 0 aromatic rings. The second kappa shape index (κ2) is 24.9. The fraction of sp³-hybridized carbons (Fsp3) is 0.929. The minimum Gasteiger partial charge on any atom is -0.481 e. The van der Waals surface area contributed by atoms with Crippen molar-refractivity contribution < 1.29 is 124 Å². The van der Waals surface area contributed by atoms with E-state index in [-0.39, 0.29) is 34.5 Å². The van der Waals surface area contributed by atoms with Crippen LogP contribution in [0.5, 0.6) is 0 Å². The average Bonchev–Trinajstić information content (AvgIpc) is 2.15. The number of hydrogen-bond acceptors (Lipinski definition) is 24. The molecule has 0 spiro atoms. The number of carbonyl (C=O) groups excluding carboxylic acids is 1. The van der Waals surface area contributed by atoms with Gasteiger partial charge in [-0.3, -0.25) is 9.59 Å². The Bertz CT molecular complexity index is 2180. The van der Waals surface area contributed by atoms with Gasteiger partial charge in [0.15, 0.2) is 25.2 Å². The molecule has 0 aromatic heterocycles. The van der Waals surface area contributed by atoms with E-state index in [1.54, 1.807) is 0 Å². The third-order valence-corrected chi connectivity index (χ3v) is 21.1. The number of aliphatic hydroxyl groups excluding tert-OH is 13. The quantitative estimate of drug-likeness (QED) is 0.0302. The van der Waals surface area contributed by atoms with Gasteiger partial charge >= 0.3 is 11.9 Å². The molecule has 4 saturated heterocycles. The molecule has 4 aliphatic carbocycles. The van der Waals surface area contributed by atoms with Crippen molar-refractivity contribution in [2.75, 3.05) is 26.4 Å². The number of carboxylic acid groups (broad SMARTS) is 1. The summed E-state index contributed by atoms with van der Waals surface area (Å²) in [5.74, 6) is -3.18. The van der Waals surface area contributed by atoms with Crippen molar-refractivity contribution >= 4 is 11.9 Å². The van der Waals surface area contributed by atoms with E-state index in [1.165, 1.54) is 0 Å². The minimum absolute atomic E-state index is 0.00537. The first-order valence-corrected chi connectivity index (χ1v) is 28.8. The van der Waals surface area contributed by atoms with Gasteiger partial charge in [0.25, 0.3) is 0 Å². The highest BCUT2D eigenvalue weighted by atomic mass is 16.8. The highest BCUT2D eigenvalue weighted by molar-refractivity contribution is 5.90. The Labute approximate surface area is 472 Å². The van der Waals surface area contributed by atoms with Crippen molar-refractivity contribution in [3.63, 3.8) is 0 Å². The van der Waals surface area contributed by atoms with Gasteiger partial charge in [0.05, 0.1) is 37.6 Å². The third-order valence-electron chi connectivity index (χ3n) is 21.1. The fourth-order valence-corrected chi connectivity index (χ4v) is 16.4. The van der Waals surface area contributed by atoms with Crippen LogP contribution in [0.3, 0.4) is 0 Å². The molecule has 0 radical (unpaired) electrons. The zero-order valence-corrected chi connectivity index (χ0v) is 47.7. The number of fused-ring (bicyclic) bond motifs is 5. The Kier molecular flexibility index (Phi) is 19.9. The monoisotopic (exact) mass is 1160 g/mol.